The van der Waals surface area contributed by atoms with Gasteiger partial charge in [-0.15, -0.1) is 36.2 Å². The normalized spacial score (nSPS) is 29.3. The molecule has 3 rings (SSSR count). The van der Waals surface area contributed by atoms with E-state index in [1.807, 2.05) is 5.38 Å². The maximum absolute atomic E-state index is 12.4. The highest BCUT2D eigenvalue weighted by atomic mass is 35.5. The van der Waals surface area contributed by atoms with Crippen molar-refractivity contribution < 1.29 is 9.53 Å². The molecule has 1 saturated carbocycles. The molecule has 2 fully saturated rings. The fourth-order valence-corrected chi connectivity index (χ4v) is 4.46. The second-order valence-electron chi connectivity index (χ2n) is 7.21. The van der Waals surface area contributed by atoms with Crippen molar-refractivity contribution in [3.8, 4) is 0 Å². The number of rotatable bonds is 4. The molecule has 2 heterocycles. The van der Waals surface area contributed by atoms with E-state index in [2.05, 4.69) is 29.0 Å². The van der Waals surface area contributed by atoms with Gasteiger partial charge < -0.3 is 15.8 Å². The molecule has 2 aliphatic rings. The van der Waals surface area contributed by atoms with Crippen LogP contribution in [0.15, 0.2) is 5.38 Å². The third kappa shape index (κ3) is 6.62. The van der Waals surface area contributed by atoms with Gasteiger partial charge in [0.05, 0.1) is 17.9 Å². The van der Waals surface area contributed by atoms with Gasteiger partial charge in [0.1, 0.15) is 0 Å². The standard InChI is InChI=1S/C17H28N4O2S.2ClH/c1-11-7-21(8-12(2)23-11)9-15-10-24-17(19-15)20-16(22)13-4-3-5-14(18)6-13;;/h10-14H,3-9,18H2,1-2H3,(H,19,20,22);2*1H. The average Bonchev–Trinajstić information content (AvgIpc) is 2.93. The van der Waals surface area contributed by atoms with Crippen LogP contribution in [0.4, 0.5) is 5.13 Å². The molecule has 1 aromatic heterocycles. The summed E-state index contributed by atoms with van der Waals surface area (Å²) in [4.78, 5) is 19.3. The summed E-state index contributed by atoms with van der Waals surface area (Å²) in [6.07, 6.45) is 4.29. The van der Waals surface area contributed by atoms with Gasteiger partial charge in [0.2, 0.25) is 5.91 Å². The van der Waals surface area contributed by atoms with Crippen molar-refractivity contribution in [1.29, 1.82) is 0 Å². The number of morpholine rings is 1. The topological polar surface area (TPSA) is 80.5 Å². The van der Waals surface area contributed by atoms with E-state index >= 15 is 0 Å². The lowest BCUT2D eigenvalue weighted by Gasteiger charge is -2.34. The first-order valence-electron chi connectivity index (χ1n) is 8.88. The summed E-state index contributed by atoms with van der Waals surface area (Å²) < 4.78 is 5.76. The van der Waals surface area contributed by atoms with E-state index in [-0.39, 0.29) is 54.9 Å². The van der Waals surface area contributed by atoms with Crippen LogP contribution in [0.2, 0.25) is 0 Å². The van der Waals surface area contributed by atoms with Crippen LogP contribution in [0.3, 0.4) is 0 Å². The summed E-state index contributed by atoms with van der Waals surface area (Å²) in [5.41, 5.74) is 6.99. The fourth-order valence-electron chi connectivity index (χ4n) is 3.75. The van der Waals surface area contributed by atoms with Crippen LogP contribution in [-0.4, -0.2) is 47.1 Å². The van der Waals surface area contributed by atoms with E-state index < -0.39 is 0 Å². The minimum Gasteiger partial charge on any atom is -0.373 e. The predicted molar refractivity (Wildman–Crippen MR) is 110 cm³/mol. The van der Waals surface area contributed by atoms with Crippen LogP contribution in [0.1, 0.15) is 45.2 Å². The molecule has 9 heteroatoms. The van der Waals surface area contributed by atoms with Gasteiger partial charge in [0.15, 0.2) is 5.13 Å². The Morgan fingerprint density at radius 2 is 2.04 bits per heavy atom. The first-order chi connectivity index (χ1) is 11.5. The van der Waals surface area contributed by atoms with Crippen molar-refractivity contribution >= 4 is 47.2 Å². The molecule has 1 aliphatic heterocycles. The van der Waals surface area contributed by atoms with Gasteiger partial charge in [-0.2, -0.15) is 0 Å². The lowest BCUT2D eigenvalue weighted by Crippen LogP contribution is -2.44. The number of carbonyl (C=O) groups excluding carboxylic acids is 1. The maximum Gasteiger partial charge on any atom is 0.229 e. The quantitative estimate of drug-likeness (QED) is 0.775. The van der Waals surface area contributed by atoms with Gasteiger partial charge in [0.25, 0.3) is 0 Å². The summed E-state index contributed by atoms with van der Waals surface area (Å²) in [6, 6.07) is 0.159. The van der Waals surface area contributed by atoms with E-state index in [0.29, 0.717) is 5.13 Å². The van der Waals surface area contributed by atoms with Crippen LogP contribution < -0.4 is 11.1 Å². The van der Waals surface area contributed by atoms with Crippen LogP contribution in [0.25, 0.3) is 0 Å². The Balaban J connectivity index is 0.00000169. The number of anilines is 1. The van der Waals surface area contributed by atoms with Gasteiger partial charge in [-0.3, -0.25) is 9.69 Å². The molecule has 0 radical (unpaired) electrons. The lowest BCUT2D eigenvalue weighted by atomic mass is 9.86. The maximum atomic E-state index is 12.4. The van der Waals surface area contributed by atoms with E-state index in [9.17, 15) is 4.79 Å². The van der Waals surface area contributed by atoms with E-state index in [1.165, 1.54) is 11.3 Å². The Kier molecular flexibility index (Phi) is 9.79. The molecule has 3 N–H and O–H groups in total. The minimum absolute atomic E-state index is 0. The number of amides is 1. The zero-order valence-electron chi connectivity index (χ0n) is 15.3. The van der Waals surface area contributed by atoms with Crippen molar-refractivity contribution in [2.24, 2.45) is 11.7 Å². The number of nitrogens with one attached hydrogen (secondary N) is 1. The molecule has 1 saturated heterocycles. The Morgan fingerprint density at radius 3 is 2.69 bits per heavy atom. The minimum atomic E-state index is 0. The van der Waals surface area contributed by atoms with Crippen molar-refractivity contribution in [2.45, 2.75) is 64.3 Å². The van der Waals surface area contributed by atoms with Crippen molar-refractivity contribution in [2.75, 3.05) is 18.4 Å². The SMILES string of the molecule is CC1CN(Cc2csc(NC(=O)C3CCCC(N)C3)n2)CC(C)O1.Cl.Cl. The smallest absolute Gasteiger partial charge is 0.229 e. The fraction of sp³-hybridized carbons (Fsp3) is 0.765. The molecular weight excluding hydrogens is 395 g/mol. The van der Waals surface area contributed by atoms with Gasteiger partial charge in [0, 0.05) is 37.0 Å². The van der Waals surface area contributed by atoms with Gasteiger partial charge >= 0.3 is 0 Å². The van der Waals surface area contributed by atoms with E-state index in [4.69, 9.17) is 10.5 Å². The van der Waals surface area contributed by atoms with Crippen molar-refractivity contribution in [1.82, 2.24) is 9.88 Å². The number of hydrogen-bond acceptors (Lipinski definition) is 6. The third-order valence-corrected chi connectivity index (χ3v) is 5.55. The number of aromatic nitrogens is 1. The Morgan fingerprint density at radius 1 is 1.35 bits per heavy atom. The van der Waals surface area contributed by atoms with Gasteiger partial charge in [-0.1, -0.05) is 6.42 Å². The zero-order valence-corrected chi connectivity index (χ0v) is 17.8. The van der Waals surface area contributed by atoms with Gasteiger partial charge in [-0.05, 0) is 33.1 Å². The van der Waals surface area contributed by atoms with Crippen LogP contribution in [-0.2, 0) is 16.1 Å². The molecule has 1 aromatic rings. The molecule has 4 atom stereocenters. The molecule has 1 aliphatic carbocycles. The predicted octanol–water partition coefficient (Wildman–Crippen LogP) is 3.05. The molecule has 0 bridgehead atoms. The summed E-state index contributed by atoms with van der Waals surface area (Å²) >= 11 is 1.50. The number of nitrogens with zero attached hydrogens (tertiary/aromatic N) is 2. The Bertz CT molecular complexity index is 565. The molecule has 6 nitrogen and oxygen atoms in total. The highest BCUT2D eigenvalue weighted by molar-refractivity contribution is 7.13. The molecule has 0 spiro atoms. The number of nitrogens with two attached hydrogens (primary N) is 1. The average molecular weight is 425 g/mol. The number of carbonyl (C=O) groups is 1. The number of halogens is 2. The number of hydrogen-bond donors (Lipinski definition) is 2. The first-order valence-corrected chi connectivity index (χ1v) is 9.76. The Labute approximate surface area is 172 Å². The molecular formula is C17H30Cl2N4O2S. The molecule has 4 unspecified atom stereocenters. The summed E-state index contributed by atoms with van der Waals surface area (Å²) in [6.45, 7) is 6.85. The Hall–Kier alpha value is -0.440. The summed E-state index contributed by atoms with van der Waals surface area (Å²) in [5, 5.41) is 5.71. The third-order valence-electron chi connectivity index (χ3n) is 4.75. The van der Waals surface area contributed by atoms with Crippen molar-refractivity contribution in [3.05, 3.63) is 11.1 Å². The van der Waals surface area contributed by atoms with Crippen LogP contribution in [0, 0.1) is 5.92 Å². The second kappa shape index (κ2) is 10.8. The molecule has 150 valence electrons. The molecule has 26 heavy (non-hydrogen) atoms. The highest BCUT2D eigenvalue weighted by Crippen LogP contribution is 2.25. The lowest BCUT2D eigenvalue weighted by molar-refractivity contribution is -0.120. The van der Waals surface area contributed by atoms with E-state index in [0.717, 1.165) is 51.0 Å². The molecule has 0 aromatic carbocycles. The number of thiazole rings is 1. The summed E-state index contributed by atoms with van der Waals surface area (Å²) in [7, 11) is 0. The van der Waals surface area contributed by atoms with Gasteiger partial charge in [-0.25, -0.2) is 4.98 Å². The van der Waals surface area contributed by atoms with Crippen LogP contribution in [0.5, 0.6) is 0 Å². The monoisotopic (exact) mass is 424 g/mol. The van der Waals surface area contributed by atoms with Crippen LogP contribution >= 0.6 is 36.2 Å². The second-order valence-corrected chi connectivity index (χ2v) is 8.07. The number of ether oxygens (including phenoxy) is 1. The zero-order chi connectivity index (χ0) is 17.1. The largest absolute Gasteiger partial charge is 0.373 e. The van der Waals surface area contributed by atoms with E-state index in [1.54, 1.807) is 0 Å². The molecule has 1 amide bonds. The first kappa shape index (κ1) is 23.6. The summed E-state index contributed by atoms with van der Waals surface area (Å²) in [5.74, 6) is 0.0988. The highest BCUT2D eigenvalue weighted by Gasteiger charge is 2.26. The van der Waals surface area contributed by atoms with Crippen molar-refractivity contribution in [3.63, 3.8) is 0 Å².